The van der Waals surface area contributed by atoms with Gasteiger partial charge in [0.2, 0.25) is 5.88 Å². The van der Waals surface area contributed by atoms with Gasteiger partial charge >= 0.3 is 6.18 Å². The van der Waals surface area contributed by atoms with E-state index in [0.717, 1.165) is 12.1 Å². The van der Waals surface area contributed by atoms with Gasteiger partial charge in [0.05, 0.1) is 18.4 Å². The molecule has 0 fully saturated rings. The first-order chi connectivity index (χ1) is 8.95. The number of halogens is 3. The fourth-order valence-electron chi connectivity index (χ4n) is 1.64. The summed E-state index contributed by atoms with van der Waals surface area (Å²) < 4.78 is 43.8. The standard InChI is InChI=1S/C12H12F3N3O/c1-19-11-8(6-16)7-18(17-11)10-4-2-9(3-5-10)12(13,14)15/h2-5,7H,6,16H2,1H3. The molecule has 0 spiro atoms. The summed E-state index contributed by atoms with van der Waals surface area (Å²) in [5.41, 5.74) is 6.01. The van der Waals surface area contributed by atoms with Crippen molar-refractivity contribution in [3.63, 3.8) is 0 Å². The van der Waals surface area contributed by atoms with Crippen LogP contribution >= 0.6 is 0 Å². The van der Waals surface area contributed by atoms with Gasteiger partial charge in [0, 0.05) is 18.3 Å². The maximum absolute atomic E-state index is 12.4. The first-order valence-electron chi connectivity index (χ1n) is 5.46. The number of ether oxygens (including phenoxy) is 1. The molecule has 0 atom stereocenters. The van der Waals surface area contributed by atoms with Crippen LogP contribution in [0, 0.1) is 0 Å². The van der Waals surface area contributed by atoms with E-state index in [9.17, 15) is 13.2 Å². The number of nitrogens with two attached hydrogens (primary N) is 1. The lowest BCUT2D eigenvalue weighted by molar-refractivity contribution is -0.137. The molecular formula is C12H12F3N3O. The highest BCUT2D eigenvalue weighted by Gasteiger charge is 2.30. The van der Waals surface area contributed by atoms with Crippen molar-refractivity contribution in [3.05, 3.63) is 41.6 Å². The van der Waals surface area contributed by atoms with Crippen LogP contribution in [0.4, 0.5) is 13.2 Å². The number of rotatable bonds is 3. The zero-order chi connectivity index (χ0) is 14.0. The van der Waals surface area contributed by atoms with Gasteiger partial charge in [-0.2, -0.15) is 13.2 Å². The van der Waals surface area contributed by atoms with Gasteiger partial charge in [-0.05, 0) is 24.3 Å². The second-order valence-electron chi connectivity index (χ2n) is 3.86. The molecular weight excluding hydrogens is 259 g/mol. The molecule has 0 saturated heterocycles. The van der Waals surface area contributed by atoms with Gasteiger partial charge in [-0.1, -0.05) is 0 Å². The van der Waals surface area contributed by atoms with E-state index in [1.54, 1.807) is 6.20 Å². The fraction of sp³-hybridized carbons (Fsp3) is 0.250. The third kappa shape index (κ3) is 2.70. The molecule has 0 unspecified atom stereocenters. The predicted molar refractivity (Wildman–Crippen MR) is 63.0 cm³/mol. The van der Waals surface area contributed by atoms with E-state index in [1.165, 1.54) is 23.9 Å². The Morgan fingerprint density at radius 1 is 1.26 bits per heavy atom. The van der Waals surface area contributed by atoms with Crippen LogP contribution in [0.2, 0.25) is 0 Å². The van der Waals surface area contributed by atoms with Gasteiger partial charge in [-0.15, -0.1) is 5.10 Å². The number of alkyl halides is 3. The van der Waals surface area contributed by atoms with Crippen LogP contribution < -0.4 is 10.5 Å². The maximum atomic E-state index is 12.4. The molecule has 7 heteroatoms. The summed E-state index contributed by atoms with van der Waals surface area (Å²) in [6, 6.07) is 4.70. The number of methoxy groups -OCH3 is 1. The van der Waals surface area contributed by atoms with Gasteiger partial charge < -0.3 is 10.5 Å². The van der Waals surface area contributed by atoms with Crippen LogP contribution in [-0.4, -0.2) is 16.9 Å². The molecule has 0 amide bonds. The van der Waals surface area contributed by atoms with Crippen LogP contribution in [0.3, 0.4) is 0 Å². The molecule has 19 heavy (non-hydrogen) atoms. The van der Waals surface area contributed by atoms with Crippen LogP contribution in [0.1, 0.15) is 11.1 Å². The summed E-state index contributed by atoms with van der Waals surface area (Å²) in [5.74, 6) is 0.363. The number of aromatic nitrogens is 2. The van der Waals surface area contributed by atoms with Crippen LogP contribution in [-0.2, 0) is 12.7 Å². The van der Waals surface area contributed by atoms with Crippen molar-refractivity contribution < 1.29 is 17.9 Å². The van der Waals surface area contributed by atoms with Crippen molar-refractivity contribution >= 4 is 0 Å². The van der Waals surface area contributed by atoms with Gasteiger partial charge in [0.1, 0.15) is 0 Å². The molecule has 1 aromatic carbocycles. The van der Waals surface area contributed by atoms with E-state index in [1.807, 2.05) is 0 Å². The second kappa shape index (κ2) is 4.93. The van der Waals surface area contributed by atoms with E-state index < -0.39 is 11.7 Å². The number of hydrogen-bond acceptors (Lipinski definition) is 3. The topological polar surface area (TPSA) is 53.1 Å². The molecule has 2 N–H and O–H groups in total. The van der Waals surface area contributed by atoms with Crippen LogP contribution in [0.5, 0.6) is 5.88 Å². The summed E-state index contributed by atoms with van der Waals surface area (Å²) >= 11 is 0. The Bertz CT molecular complexity index is 539. The van der Waals surface area contributed by atoms with Crippen molar-refractivity contribution in [2.45, 2.75) is 12.7 Å². The summed E-state index contributed by atoms with van der Waals surface area (Å²) in [5, 5.41) is 4.09. The maximum Gasteiger partial charge on any atom is 0.416 e. The van der Waals surface area contributed by atoms with E-state index >= 15 is 0 Å². The SMILES string of the molecule is COc1nn(-c2ccc(C(F)(F)F)cc2)cc1CN. The molecule has 2 aromatic rings. The Kier molecular flexibility index (Phi) is 3.48. The van der Waals surface area contributed by atoms with Gasteiger partial charge in [0.25, 0.3) is 0 Å². The average Bonchev–Trinajstić information content (AvgIpc) is 2.81. The predicted octanol–water partition coefficient (Wildman–Crippen LogP) is 2.36. The summed E-state index contributed by atoms with van der Waals surface area (Å²) in [6.07, 6.45) is -2.72. The molecule has 1 aromatic heterocycles. The summed E-state index contributed by atoms with van der Waals surface area (Å²) in [4.78, 5) is 0. The van der Waals surface area contributed by atoms with Crippen molar-refractivity contribution in [2.75, 3.05) is 7.11 Å². The first kappa shape index (κ1) is 13.4. The first-order valence-corrected chi connectivity index (χ1v) is 5.46. The fourth-order valence-corrected chi connectivity index (χ4v) is 1.64. The number of hydrogen-bond donors (Lipinski definition) is 1. The Labute approximate surface area is 107 Å². The lowest BCUT2D eigenvalue weighted by atomic mass is 10.2. The number of benzene rings is 1. The van der Waals surface area contributed by atoms with Crippen LogP contribution in [0.25, 0.3) is 5.69 Å². The van der Waals surface area contributed by atoms with E-state index in [4.69, 9.17) is 10.5 Å². The van der Waals surface area contributed by atoms with Gasteiger partial charge in [-0.3, -0.25) is 0 Å². The minimum atomic E-state index is -4.34. The minimum absolute atomic E-state index is 0.240. The molecule has 4 nitrogen and oxygen atoms in total. The Balaban J connectivity index is 2.34. The van der Waals surface area contributed by atoms with E-state index in [0.29, 0.717) is 17.1 Å². The normalized spacial score (nSPS) is 11.6. The molecule has 0 saturated carbocycles. The monoisotopic (exact) mass is 271 g/mol. The second-order valence-corrected chi connectivity index (χ2v) is 3.86. The van der Waals surface area contributed by atoms with E-state index in [-0.39, 0.29) is 6.54 Å². The number of nitrogens with zero attached hydrogens (tertiary/aromatic N) is 2. The molecule has 0 aliphatic heterocycles. The molecule has 0 aliphatic rings. The van der Waals surface area contributed by atoms with Crippen molar-refractivity contribution in [3.8, 4) is 11.6 Å². The molecule has 102 valence electrons. The highest BCUT2D eigenvalue weighted by molar-refractivity contribution is 5.37. The Morgan fingerprint density at radius 2 is 1.89 bits per heavy atom. The van der Waals surface area contributed by atoms with Crippen LogP contribution in [0.15, 0.2) is 30.5 Å². The molecule has 1 heterocycles. The molecule has 0 bridgehead atoms. The third-order valence-electron chi connectivity index (χ3n) is 2.62. The highest BCUT2D eigenvalue weighted by Crippen LogP contribution is 2.29. The third-order valence-corrected chi connectivity index (χ3v) is 2.62. The zero-order valence-corrected chi connectivity index (χ0v) is 10.1. The smallest absolute Gasteiger partial charge is 0.416 e. The summed E-state index contributed by atoms with van der Waals surface area (Å²) in [6.45, 7) is 0.240. The van der Waals surface area contributed by atoms with E-state index in [2.05, 4.69) is 5.10 Å². The zero-order valence-electron chi connectivity index (χ0n) is 10.1. The highest BCUT2D eigenvalue weighted by atomic mass is 19.4. The Morgan fingerprint density at radius 3 is 2.32 bits per heavy atom. The van der Waals surface area contributed by atoms with Gasteiger partial charge in [-0.25, -0.2) is 4.68 Å². The van der Waals surface area contributed by atoms with Gasteiger partial charge in [0.15, 0.2) is 0 Å². The molecule has 2 rings (SSSR count). The molecule has 0 radical (unpaired) electrons. The van der Waals surface area contributed by atoms with Crippen molar-refractivity contribution in [1.82, 2.24) is 9.78 Å². The van der Waals surface area contributed by atoms with Crippen molar-refractivity contribution in [2.24, 2.45) is 5.73 Å². The quantitative estimate of drug-likeness (QED) is 0.932. The largest absolute Gasteiger partial charge is 0.480 e. The lowest BCUT2D eigenvalue weighted by Crippen LogP contribution is -2.05. The van der Waals surface area contributed by atoms with Crippen molar-refractivity contribution in [1.29, 1.82) is 0 Å². The minimum Gasteiger partial charge on any atom is -0.480 e. The summed E-state index contributed by atoms with van der Waals surface area (Å²) in [7, 11) is 1.46. The Hall–Kier alpha value is -2.02. The average molecular weight is 271 g/mol. The lowest BCUT2D eigenvalue weighted by Gasteiger charge is -2.07. The molecule has 0 aliphatic carbocycles.